The van der Waals surface area contributed by atoms with Gasteiger partial charge in [0.2, 0.25) is 5.91 Å². The monoisotopic (exact) mass is 1730 g/mol. The number of methoxy groups -OCH3 is 5. The van der Waals surface area contributed by atoms with Crippen molar-refractivity contribution in [2.75, 3.05) is 61.2 Å². The summed E-state index contributed by atoms with van der Waals surface area (Å²) < 4.78 is 26.8. The average Bonchev–Trinajstić information content (AvgIpc) is 1.67. The second kappa shape index (κ2) is 45.2. The van der Waals surface area contributed by atoms with Gasteiger partial charge in [-0.05, 0) is 296 Å². The molecule has 12 nitrogen and oxygen atoms in total. The Morgan fingerprint density at radius 3 is 1.40 bits per heavy atom. The number of nitrogens with zero attached hydrogens (tertiary/aromatic N) is 1. The number of aliphatic hydroxyl groups excluding tert-OH is 1. The zero-order valence-corrected chi connectivity index (χ0v) is 85.5. The molecule has 10 aliphatic rings. The van der Waals surface area contributed by atoms with Gasteiger partial charge in [-0.15, -0.1) is 0 Å². The minimum atomic E-state index is -0.424. The molecule has 0 bridgehead atoms. The van der Waals surface area contributed by atoms with Crippen molar-refractivity contribution < 1.29 is 52.8 Å². The van der Waals surface area contributed by atoms with Gasteiger partial charge in [-0.25, -0.2) is 0 Å². The van der Waals surface area contributed by atoms with Gasteiger partial charge in [-0.1, -0.05) is 280 Å². The van der Waals surface area contributed by atoms with Crippen LogP contribution in [0.2, 0.25) is 0 Å². The molecule has 9 aliphatic carbocycles. The van der Waals surface area contributed by atoms with Crippen molar-refractivity contribution in [3.63, 3.8) is 0 Å². The number of aliphatic hydroxyl groups is 1. The van der Waals surface area contributed by atoms with Crippen molar-refractivity contribution in [2.45, 2.75) is 378 Å². The molecule has 16 atom stereocenters. The molecule has 0 saturated heterocycles. The van der Waals surface area contributed by atoms with Crippen LogP contribution in [0, 0.1) is 51.2 Å². The Morgan fingerprint density at radius 2 is 0.889 bits per heavy atom. The molecule has 126 heavy (non-hydrogen) atoms. The molecule has 5 saturated carbocycles. The largest absolute Gasteiger partial charge is 0.469 e. The molecule has 5 aromatic rings. The number of hydrogen-bond acceptors (Lipinski definition) is 11. The molecule has 1 amide bonds. The van der Waals surface area contributed by atoms with Crippen LogP contribution in [0.1, 0.15) is 404 Å². The van der Waals surface area contributed by atoms with Crippen LogP contribution in [0.15, 0.2) is 104 Å². The lowest BCUT2D eigenvalue weighted by molar-refractivity contribution is -0.161. The molecule has 5 fully saturated rings. The lowest BCUT2D eigenvalue weighted by Gasteiger charge is -2.55. The molecule has 12 heteroatoms. The number of amides is 1. The molecule has 1 aliphatic heterocycles. The van der Waals surface area contributed by atoms with E-state index >= 15 is 0 Å². The maximum absolute atomic E-state index is 12.9. The van der Waals surface area contributed by atoms with Crippen molar-refractivity contribution in [3.8, 4) is 0 Å². The third-order valence-corrected chi connectivity index (χ3v) is 32.9. The van der Waals surface area contributed by atoms with Crippen molar-refractivity contribution in [1.29, 1.82) is 0 Å². The highest BCUT2D eigenvalue weighted by Crippen LogP contribution is 2.63. The van der Waals surface area contributed by atoms with E-state index in [1.807, 2.05) is 95.4 Å². The van der Waals surface area contributed by atoms with Crippen LogP contribution in [0.5, 0.6) is 0 Å². The quantitative estimate of drug-likeness (QED) is 0.0721. The van der Waals surface area contributed by atoms with Gasteiger partial charge in [-0.2, -0.15) is 0 Å². The molecule has 0 radical (unpaired) electrons. The Morgan fingerprint density at radius 1 is 0.476 bits per heavy atom. The fraction of sp³-hybridized carbons (Fsp3) is 0.658. The molecule has 1 N–H and O–H groups in total. The summed E-state index contributed by atoms with van der Waals surface area (Å²) in [4.78, 5) is 63.5. The van der Waals surface area contributed by atoms with Crippen LogP contribution in [-0.4, -0.2) is 97.1 Å². The number of ether oxygens (including phenoxy) is 5. The van der Waals surface area contributed by atoms with E-state index in [9.17, 15) is 24.0 Å². The number of aryl methyl sites for hydroxylation is 3. The van der Waals surface area contributed by atoms with Crippen molar-refractivity contribution in [3.05, 3.63) is 182 Å². The number of fused-ring (bicyclic) bond motifs is 15. The minimum absolute atomic E-state index is 0.0147. The van der Waals surface area contributed by atoms with Gasteiger partial charge in [0.15, 0.2) is 0 Å². The highest BCUT2D eigenvalue weighted by atomic mass is 16.5. The summed E-state index contributed by atoms with van der Waals surface area (Å²) in [5.74, 6) is 3.18. The smallest absolute Gasteiger partial charge is 0.312 e. The molecule has 0 aromatic heterocycles. The summed E-state index contributed by atoms with van der Waals surface area (Å²) in [6.07, 6.45) is 29.7. The van der Waals surface area contributed by atoms with Crippen molar-refractivity contribution in [1.82, 2.24) is 0 Å². The number of benzene rings is 5. The van der Waals surface area contributed by atoms with Gasteiger partial charge in [-0.3, -0.25) is 19.2 Å². The summed E-state index contributed by atoms with van der Waals surface area (Å²) in [6.45, 7) is 61.2. The fourth-order valence-electron chi connectivity index (χ4n) is 25.8. The maximum Gasteiger partial charge on any atom is 0.312 e. The Labute approximate surface area is 767 Å². The normalized spacial score (nSPS) is 30.7. The number of esters is 3. The second-order valence-electron chi connectivity index (χ2n) is 41.0. The second-order valence-corrected chi connectivity index (χ2v) is 41.0. The highest BCUT2D eigenvalue weighted by molar-refractivity contribution is 5.96. The van der Waals surface area contributed by atoms with E-state index in [0.717, 1.165) is 114 Å². The van der Waals surface area contributed by atoms with Crippen LogP contribution in [0.3, 0.4) is 0 Å². The molecule has 0 spiro atoms. The standard InChI is InChI=1S/C22H32O3.C21H29NO2.2C21H28O2.C20H30O.4C2H6.CH4O/c1-15(20(23)25-5)16-7-9-18-17(13-16)8-10-19-21(2,14-24-4)11-6-12-22(18,19)3;1-14(2)15-7-8-16-17(11-15)22(5)19(24)12-18-20(3,13-23)9-6-10-21(16,18)4;2*1-14(2)15-7-9-17-16(13-15)8-10-18-20(17,3)11-6-12-21(18,4)19(22)23-5;1-14(2)15-7-9-17-16(13-15)8-10-18-19(17,3)11-6-12-20(18,4)21-5;5*1-2/h7,9,13,15,19H,6,8,10-12,14H2,1-5H3;7-8,11,13-14,18H,6,9-10,12H2,1-5H3;7-10,13-14,18H,6,11-12H2,1-5H3;7,9,13,18H,1,6,8,10-12H2,2-5H3;7,9,13-14,18H,6,8,10-12H2,1-5H3;4*1-2H3;2H,1H3. The lowest BCUT2D eigenvalue weighted by atomic mass is 9.50. The van der Waals surface area contributed by atoms with E-state index in [2.05, 4.69) is 221 Å². The molecule has 16 unspecified atom stereocenters. The first kappa shape index (κ1) is 108. The summed E-state index contributed by atoms with van der Waals surface area (Å²) >= 11 is 0. The van der Waals surface area contributed by atoms with E-state index in [-0.39, 0.29) is 79.7 Å². The van der Waals surface area contributed by atoms with Gasteiger partial charge in [0.25, 0.3) is 0 Å². The maximum atomic E-state index is 12.9. The molecule has 702 valence electrons. The fourth-order valence-corrected chi connectivity index (χ4v) is 25.8. The van der Waals surface area contributed by atoms with Gasteiger partial charge >= 0.3 is 17.9 Å². The zero-order chi connectivity index (χ0) is 94.8. The van der Waals surface area contributed by atoms with Crippen molar-refractivity contribution in [2.24, 2.45) is 51.2 Å². The van der Waals surface area contributed by atoms with Gasteiger partial charge in [0.05, 0.1) is 50.3 Å². The molecule has 15 rings (SSSR count). The van der Waals surface area contributed by atoms with Gasteiger partial charge in [0, 0.05) is 57.2 Å². The summed E-state index contributed by atoms with van der Waals surface area (Å²) in [6, 6.07) is 34.2. The highest BCUT2D eigenvalue weighted by Gasteiger charge is 2.59. The summed E-state index contributed by atoms with van der Waals surface area (Å²) in [5.41, 5.74) is 21.1. The van der Waals surface area contributed by atoms with Crippen LogP contribution < -0.4 is 4.90 Å². The first-order valence-corrected chi connectivity index (χ1v) is 49.1. The minimum Gasteiger partial charge on any atom is -0.469 e. The van der Waals surface area contributed by atoms with Gasteiger partial charge in [0.1, 0.15) is 6.29 Å². The molecular weight excluding hydrogens is 1560 g/mol. The average molecular weight is 1740 g/mol. The topological polar surface area (TPSA) is 155 Å². The number of carbonyl (C=O) groups excluding carboxylic acids is 5. The summed E-state index contributed by atoms with van der Waals surface area (Å²) in [5, 5.41) is 7.00. The van der Waals surface area contributed by atoms with Crippen molar-refractivity contribution >= 4 is 47.4 Å². The Balaban J connectivity index is 0.000000237. The van der Waals surface area contributed by atoms with E-state index in [0.29, 0.717) is 47.3 Å². The predicted octanol–water partition coefficient (Wildman–Crippen LogP) is 28.0. The number of hydrogen-bond donors (Lipinski definition) is 1. The number of aldehydes is 1. The zero-order valence-electron chi connectivity index (χ0n) is 85.5. The molecule has 5 aromatic carbocycles. The number of carbonyl (C=O) groups is 5. The lowest BCUT2D eigenvalue weighted by Crippen LogP contribution is -2.53. The molecule has 1 heterocycles. The SMILES string of the molecule is C=C(C)c1ccc2c(c1)CCC1C(C)(C(=O)OC)CCCC21C.CC.CC.CC.CC.CC(C)c1ccc2c(c1)N(C)C(=O)CC1C(C)(C=O)CCCC21C.CO.COC(=O)C1(C)CCCC2(C)c3ccc(C(C)C)cc3C=CC12.COC1(C)CCCC2(C)c3ccc(C(C)C)cc3CCC12.COCC1(C)CCCC2(C)c3ccc(C(C)C(=O)OC)cc3CCC12. The van der Waals surface area contributed by atoms with Crippen LogP contribution in [-0.2, 0) is 94.0 Å². The Hall–Kier alpha value is -6.99. The van der Waals surface area contributed by atoms with Crippen LogP contribution in [0.25, 0.3) is 11.6 Å². The van der Waals surface area contributed by atoms with E-state index < -0.39 is 10.8 Å². The Bertz CT molecular complexity index is 4480. The third kappa shape index (κ3) is 21.3. The number of rotatable bonds is 12. The van der Waals surface area contributed by atoms with E-state index in [1.54, 1.807) is 11.1 Å². The first-order valence-electron chi connectivity index (χ1n) is 49.1. The molecular formula is C114H175NO11. The first-order chi connectivity index (χ1) is 59.6. The number of anilines is 1. The number of allylic oxidation sites excluding steroid dienone is 2. The predicted molar refractivity (Wildman–Crippen MR) is 528 cm³/mol. The Kier molecular flexibility index (Phi) is 38.7. The van der Waals surface area contributed by atoms with Crippen LogP contribution >= 0.6 is 0 Å². The van der Waals surface area contributed by atoms with E-state index in [4.69, 9.17) is 28.8 Å². The van der Waals surface area contributed by atoms with Gasteiger partial charge < -0.3 is 38.5 Å². The summed E-state index contributed by atoms with van der Waals surface area (Å²) in [7, 11) is 11.1. The van der Waals surface area contributed by atoms with E-state index in [1.165, 1.54) is 140 Å². The third-order valence-electron chi connectivity index (χ3n) is 32.9. The van der Waals surface area contributed by atoms with Crippen LogP contribution in [0.4, 0.5) is 5.69 Å².